The first kappa shape index (κ1) is 22.9. The molecule has 0 fully saturated rings. The van der Waals surface area contributed by atoms with Gasteiger partial charge in [-0.15, -0.1) is 6.58 Å². The van der Waals surface area contributed by atoms with Crippen LogP contribution in [0.2, 0.25) is 0 Å². The Labute approximate surface area is 182 Å². The van der Waals surface area contributed by atoms with Crippen LogP contribution >= 0.6 is 0 Å². The largest absolute Gasteiger partial charge is 0.497 e. The van der Waals surface area contributed by atoms with Gasteiger partial charge in [-0.1, -0.05) is 35.5 Å². The Kier molecular flexibility index (Phi) is 8.58. The van der Waals surface area contributed by atoms with Crippen LogP contribution in [0.4, 0.5) is 4.39 Å². The van der Waals surface area contributed by atoms with Gasteiger partial charge in [-0.3, -0.25) is 4.90 Å². The highest BCUT2D eigenvalue weighted by molar-refractivity contribution is 6.01. The molecule has 0 amide bonds. The highest BCUT2D eigenvalue weighted by atomic mass is 19.1. The summed E-state index contributed by atoms with van der Waals surface area (Å²) in [5, 5.41) is 14.6. The minimum atomic E-state index is -0.649. The molecule has 0 radical (unpaired) electrons. The van der Waals surface area contributed by atoms with E-state index < -0.39 is 6.10 Å². The average Bonchev–Trinajstić information content (AvgIpc) is 3.23. The summed E-state index contributed by atoms with van der Waals surface area (Å²) >= 11 is 0. The van der Waals surface area contributed by atoms with Crippen molar-refractivity contribution in [2.75, 3.05) is 33.4 Å². The molecule has 0 saturated carbocycles. The van der Waals surface area contributed by atoms with Crippen LogP contribution in [0.15, 0.2) is 66.3 Å². The van der Waals surface area contributed by atoms with E-state index in [1.54, 1.807) is 25.3 Å². The number of rotatable bonds is 12. The Morgan fingerprint density at radius 2 is 2.13 bits per heavy atom. The van der Waals surface area contributed by atoms with Crippen LogP contribution in [0.25, 0.3) is 0 Å². The van der Waals surface area contributed by atoms with Gasteiger partial charge >= 0.3 is 0 Å². The van der Waals surface area contributed by atoms with Crippen molar-refractivity contribution in [3.8, 4) is 5.75 Å². The van der Waals surface area contributed by atoms with Gasteiger partial charge < -0.3 is 19.4 Å². The number of halogens is 1. The zero-order valence-electron chi connectivity index (χ0n) is 17.7. The molecule has 0 bridgehead atoms. The van der Waals surface area contributed by atoms with Gasteiger partial charge in [0.25, 0.3) is 0 Å². The predicted octanol–water partition coefficient (Wildman–Crippen LogP) is 3.39. The van der Waals surface area contributed by atoms with Crippen LogP contribution in [0.5, 0.6) is 5.75 Å². The summed E-state index contributed by atoms with van der Waals surface area (Å²) in [4.78, 5) is 7.76. The number of nitrogens with zero attached hydrogens (tertiary/aromatic N) is 2. The Morgan fingerprint density at radius 1 is 1.32 bits per heavy atom. The van der Waals surface area contributed by atoms with Gasteiger partial charge in [0.2, 0.25) is 0 Å². The number of aliphatic hydroxyl groups is 1. The molecule has 2 aromatic rings. The van der Waals surface area contributed by atoms with Crippen LogP contribution in [-0.4, -0.2) is 61.3 Å². The predicted molar refractivity (Wildman–Crippen MR) is 118 cm³/mol. The molecule has 31 heavy (non-hydrogen) atoms. The second-order valence-electron chi connectivity index (χ2n) is 7.50. The van der Waals surface area contributed by atoms with Crippen LogP contribution in [-0.2, 0) is 16.1 Å². The van der Waals surface area contributed by atoms with E-state index in [4.69, 9.17) is 14.3 Å². The van der Waals surface area contributed by atoms with E-state index in [1.807, 2.05) is 24.3 Å². The highest BCUT2D eigenvalue weighted by Crippen LogP contribution is 2.20. The van der Waals surface area contributed by atoms with Crippen molar-refractivity contribution < 1.29 is 23.8 Å². The van der Waals surface area contributed by atoms with Gasteiger partial charge in [-0.2, -0.15) is 0 Å². The normalized spacial score (nSPS) is 16.6. The fraction of sp³-hybridized carbons (Fsp3) is 0.375. The summed E-state index contributed by atoms with van der Waals surface area (Å²) in [6.07, 6.45) is 1.46. The van der Waals surface area contributed by atoms with E-state index >= 15 is 0 Å². The summed E-state index contributed by atoms with van der Waals surface area (Å²) in [7, 11) is 1.64. The molecular weight excluding hydrogens is 399 g/mol. The number of methoxy groups -OCH3 is 1. The molecule has 1 aliphatic rings. The summed E-state index contributed by atoms with van der Waals surface area (Å²) in [5.74, 6) is 0.503. The van der Waals surface area contributed by atoms with Gasteiger partial charge in [0.05, 0.1) is 32.1 Å². The summed E-state index contributed by atoms with van der Waals surface area (Å²) in [6.45, 7) is 5.84. The maximum atomic E-state index is 13.2. The molecule has 0 aromatic heterocycles. The number of hydrogen-bond donors (Lipinski definition) is 1. The number of hydrogen-bond acceptors (Lipinski definition) is 6. The zero-order valence-corrected chi connectivity index (χ0v) is 17.7. The summed E-state index contributed by atoms with van der Waals surface area (Å²) in [5.41, 5.74) is 2.71. The first-order valence-electron chi connectivity index (χ1n) is 10.3. The second kappa shape index (κ2) is 11.6. The Balaban J connectivity index is 1.63. The van der Waals surface area contributed by atoms with Crippen LogP contribution in [0.1, 0.15) is 17.5 Å². The zero-order chi connectivity index (χ0) is 22.1. The SMILES string of the molecule is C=CCOC[C@@H](O)CN(Cc1cccc(OC)c1)C[C@H]1CC(c2ccc(F)cc2)=NO1. The van der Waals surface area contributed by atoms with Crippen molar-refractivity contribution in [2.45, 2.75) is 25.2 Å². The fourth-order valence-electron chi connectivity index (χ4n) is 3.50. The molecule has 1 N–H and O–H groups in total. The number of benzene rings is 2. The van der Waals surface area contributed by atoms with Gasteiger partial charge in [0.1, 0.15) is 17.7 Å². The lowest BCUT2D eigenvalue weighted by Crippen LogP contribution is -2.39. The second-order valence-corrected chi connectivity index (χ2v) is 7.50. The number of oxime groups is 1. The van der Waals surface area contributed by atoms with Crippen LogP contribution < -0.4 is 4.74 Å². The quantitative estimate of drug-likeness (QED) is 0.415. The van der Waals surface area contributed by atoms with E-state index in [0.717, 1.165) is 22.6 Å². The molecule has 6 nitrogen and oxygen atoms in total. The lowest BCUT2D eigenvalue weighted by molar-refractivity contribution is 0.00335. The molecule has 0 spiro atoms. The molecule has 0 aliphatic carbocycles. The molecule has 0 unspecified atom stereocenters. The summed E-state index contributed by atoms with van der Waals surface area (Å²) in [6, 6.07) is 14.1. The third kappa shape index (κ3) is 7.17. The van der Waals surface area contributed by atoms with E-state index in [9.17, 15) is 9.50 Å². The van der Waals surface area contributed by atoms with Crippen molar-refractivity contribution in [1.29, 1.82) is 0 Å². The molecule has 2 atom stereocenters. The van der Waals surface area contributed by atoms with Gasteiger partial charge in [-0.25, -0.2) is 4.39 Å². The van der Waals surface area contributed by atoms with E-state index in [2.05, 4.69) is 16.6 Å². The van der Waals surface area contributed by atoms with Gasteiger partial charge in [-0.05, 0) is 35.4 Å². The van der Waals surface area contributed by atoms with Crippen molar-refractivity contribution in [1.82, 2.24) is 4.90 Å². The minimum absolute atomic E-state index is 0.160. The van der Waals surface area contributed by atoms with Crippen LogP contribution in [0, 0.1) is 5.82 Å². The molecule has 3 rings (SSSR count). The molecule has 166 valence electrons. The summed E-state index contributed by atoms with van der Waals surface area (Å²) < 4.78 is 23.9. The van der Waals surface area contributed by atoms with Gasteiger partial charge in [0.15, 0.2) is 0 Å². The maximum Gasteiger partial charge on any atom is 0.145 e. The molecular formula is C24H29FN2O4. The molecule has 0 saturated heterocycles. The number of aliphatic hydroxyl groups excluding tert-OH is 1. The smallest absolute Gasteiger partial charge is 0.145 e. The van der Waals surface area contributed by atoms with Crippen molar-refractivity contribution in [3.63, 3.8) is 0 Å². The molecule has 1 heterocycles. The van der Waals surface area contributed by atoms with Gasteiger partial charge in [0, 0.05) is 26.1 Å². The Hall–Kier alpha value is -2.74. The first-order valence-corrected chi connectivity index (χ1v) is 10.3. The number of ether oxygens (including phenoxy) is 2. The molecule has 2 aromatic carbocycles. The fourth-order valence-corrected chi connectivity index (χ4v) is 3.50. The Morgan fingerprint density at radius 3 is 2.87 bits per heavy atom. The van der Waals surface area contributed by atoms with E-state index in [-0.39, 0.29) is 18.5 Å². The lowest BCUT2D eigenvalue weighted by atomic mass is 10.0. The standard InChI is InChI=1S/C24H29FN2O4/c1-3-11-30-17-21(28)15-27(14-18-5-4-6-22(12-18)29-2)16-23-13-24(26-31-23)19-7-9-20(25)10-8-19/h3-10,12,21,23,28H,1,11,13-17H2,2H3/t21-,23+/m0/s1. The lowest BCUT2D eigenvalue weighted by Gasteiger charge is -2.27. The average molecular weight is 429 g/mol. The monoisotopic (exact) mass is 428 g/mol. The highest BCUT2D eigenvalue weighted by Gasteiger charge is 2.26. The van der Waals surface area contributed by atoms with Crippen molar-refractivity contribution in [3.05, 3.63) is 78.1 Å². The third-order valence-corrected chi connectivity index (χ3v) is 4.93. The molecule has 7 heteroatoms. The topological polar surface area (TPSA) is 63.5 Å². The van der Waals surface area contributed by atoms with Crippen molar-refractivity contribution in [2.24, 2.45) is 5.16 Å². The first-order chi connectivity index (χ1) is 15.1. The minimum Gasteiger partial charge on any atom is -0.497 e. The van der Waals surface area contributed by atoms with E-state index in [1.165, 1.54) is 12.1 Å². The van der Waals surface area contributed by atoms with Crippen molar-refractivity contribution >= 4 is 5.71 Å². The Bertz CT molecular complexity index is 872. The maximum absolute atomic E-state index is 13.2. The molecule has 1 aliphatic heterocycles. The third-order valence-electron chi connectivity index (χ3n) is 4.93. The van der Waals surface area contributed by atoms with Crippen LogP contribution in [0.3, 0.4) is 0 Å². The van der Waals surface area contributed by atoms with E-state index in [0.29, 0.717) is 32.7 Å².